The smallest absolute Gasteiger partial charge is 0.0597 e. The van der Waals surface area contributed by atoms with Gasteiger partial charge in [-0.15, -0.1) is 0 Å². The Morgan fingerprint density at radius 3 is 2.88 bits per heavy atom. The lowest BCUT2D eigenvalue weighted by Crippen LogP contribution is -2.04. The van der Waals surface area contributed by atoms with E-state index >= 15 is 0 Å². The molecule has 2 rings (SSSR count). The van der Waals surface area contributed by atoms with Gasteiger partial charge in [0, 0.05) is 10.2 Å². The third kappa shape index (κ3) is 3.20. The fraction of sp³-hybridized carbons (Fsp3) is 0.154. The number of nitrogens with one attached hydrogen (secondary N) is 1. The minimum Gasteiger partial charge on any atom is -0.397 e. The number of halogens is 1. The molecule has 0 bridgehead atoms. The second-order valence-corrected chi connectivity index (χ2v) is 4.77. The molecular formula is C13H14BrN3. The normalized spacial score (nSPS) is 10.2. The van der Waals surface area contributed by atoms with E-state index in [1.807, 2.05) is 43.3 Å². The quantitative estimate of drug-likeness (QED) is 0.853. The molecule has 17 heavy (non-hydrogen) atoms. The van der Waals surface area contributed by atoms with Gasteiger partial charge in [-0.2, -0.15) is 0 Å². The monoisotopic (exact) mass is 291 g/mol. The number of benzene rings is 1. The number of hydrogen-bond donors (Lipinski definition) is 2. The van der Waals surface area contributed by atoms with Gasteiger partial charge in [0.1, 0.15) is 0 Å². The molecule has 0 aliphatic heterocycles. The molecule has 1 aromatic heterocycles. The van der Waals surface area contributed by atoms with Gasteiger partial charge in [-0.05, 0) is 37.3 Å². The van der Waals surface area contributed by atoms with Gasteiger partial charge in [0.05, 0.1) is 23.6 Å². The highest BCUT2D eigenvalue weighted by molar-refractivity contribution is 9.10. The Labute approximate surface area is 109 Å². The molecule has 0 saturated carbocycles. The molecule has 3 nitrogen and oxygen atoms in total. The maximum atomic E-state index is 5.88. The molecule has 88 valence electrons. The molecule has 0 aliphatic rings. The summed E-state index contributed by atoms with van der Waals surface area (Å²) in [6.07, 6.45) is 0. The predicted molar refractivity (Wildman–Crippen MR) is 74.9 cm³/mol. The second-order valence-electron chi connectivity index (χ2n) is 3.86. The molecule has 0 fully saturated rings. The van der Waals surface area contributed by atoms with Crippen molar-refractivity contribution in [1.29, 1.82) is 0 Å². The second kappa shape index (κ2) is 5.19. The molecule has 0 spiro atoms. The summed E-state index contributed by atoms with van der Waals surface area (Å²) in [4.78, 5) is 4.43. The van der Waals surface area contributed by atoms with Crippen LogP contribution in [-0.4, -0.2) is 4.98 Å². The first kappa shape index (κ1) is 11.9. The van der Waals surface area contributed by atoms with Gasteiger partial charge in [0.25, 0.3) is 0 Å². The number of nitrogens with two attached hydrogens (primary N) is 1. The van der Waals surface area contributed by atoms with Crippen LogP contribution < -0.4 is 11.1 Å². The van der Waals surface area contributed by atoms with Crippen molar-refractivity contribution in [3.8, 4) is 0 Å². The molecule has 1 aromatic carbocycles. The van der Waals surface area contributed by atoms with Crippen molar-refractivity contribution in [2.24, 2.45) is 0 Å². The van der Waals surface area contributed by atoms with Crippen LogP contribution in [-0.2, 0) is 6.54 Å². The Kier molecular flexibility index (Phi) is 3.64. The van der Waals surface area contributed by atoms with Crippen LogP contribution in [0.15, 0.2) is 40.9 Å². The standard InChI is InChI=1S/C13H14BrN3/c1-9-3-2-4-11(17-9)8-16-13-7-10(14)5-6-12(13)15/h2-7,16H,8,15H2,1H3. The number of pyridine rings is 1. The maximum Gasteiger partial charge on any atom is 0.0597 e. The molecule has 0 saturated heterocycles. The molecule has 0 atom stereocenters. The maximum absolute atomic E-state index is 5.88. The van der Waals surface area contributed by atoms with Crippen LogP contribution in [0.5, 0.6) is 0 Å². The lowest BCUT2D eigenvalue weighted by Gasteiger charge is -2.09. The van der Waals surface area contributed by atoms with Crippen LogP contribution in [0.2, 0.25) is 0 Å². The van der Waals surface area contributed by atoms with Crippen molar-refractivity contribution in [1.82, 2.24) is 4.98 Å². The summed E-state index contributed by atoms with van der Waals surface area (Å²) < 4.78 is 1.01. The van der Waals surface area contributed by atoms with Gasteiger partial charge in [-0.3, -0.25) is 4.98 Å². The zero-order valence-electron chi connectivity index (χ0n) is 9.57. The van der Waals surface area contributed by atoms with Crippen LogP contribution in [0.1, 0.15) is 11.4 Å². The van der Waals surface area contributed by atoms with Crippen LogP contribution in [0.3, 0.4) is 0 Å². The molecule has 2 aromatic rings. The summed E-state index contributed by atoms with van der Waals surface area (Å²) in [5, 5.41) is 3.28. The Hall–Kier alpha value is -1.55. The summed E-state index contributed by atoms with van der Waals surface area (Å²) in [6.45, 7) is 2.65. The highest BCUT2D eigenvalue weighted by Crippen LogP contribution is 2.23. The van der Waals surface area contributed by atoms with Crippen molar-refractivity contribution >= 4 is 27.3 Å². The summed E-state index contributed by atoms with van der Waals surface area (Å²) in [7, 11) is 0. The van der Waals surface area contributed by atoms with E-state index in [4.69, 9.17) is 5.73 Å². The third-order valence-electron chi connectivity index (χ3n) is 2.42. The van der Waals surface area contributed by atoms with Gasteiger partial charge >= 0.3 is 0 Å². The summed E-state index contributed by atoms with van der Waals surface area (Å²) in [6, 6.07) is 11.7. The van der Waals surface area contributed by atoms with E-state index in [1.165, 1.54) is 0 Å². The van der Waals surface area contributed by atoms with Crippen molar-refractivity contribution in [2.75, 3.05) is 11.1 Å². The number of aryl methyl sites for hydroxylation is 1. The van der Waals surface area contributed by atoms with Gasteiger partial charge in [0.15, 0.2) is 0 Å². The van der Waals surface area contributed by atoms with Crippen molar-refractivity contribution in [3.05, 3.63) is 52.3 Å². The van der Waals surface area contributed by atoms with Gasteiger partial charge in [0.2, 0.25) is 0 Å². The van der Waals surface area contributed by atoms with E-state index in [9.17, 15) is 0 Å². The van der Waals surface area contributed by atoms with Crippen LogP contribution in [0.4, 0.5) is 11.4 Å². The van der Waals surface area contributed by atoms with E-state index in [1.54, 1.807) is 0 Å². The number of anilines is 2. The number of rotatable bonds is 3. The van der Waals surface area contributed by atoms with Crippen LogP contribution in [0.25, 0.3) is 0 Å². The largest absolute Gasteiger partial charge is 0.397 e. The minimum atomic E-state index is 0.669. The van der Waals surface area contributed by atoms with Gasteiger partial charge in [-0.1, -0.05) is 22.0 Å². The lowest BCUT2D eigenvalue weighted by atomic mass is 10.2. The molecule has 1 heterocycles. The topological polar surface area (TPSA) is 50.9 Å². The molecule has 0 unspecified atom stereocenters. The van der Waals surface area contributed by atoms with Gasteiger partial charge < -0.3 is 11.1 Å². The highest BCUT2D eigenvalue weighted by atomic mass is 79.9. The van der Waals surface area contributed by atoms with E-state index < -0.39 is 0 Å². The fourth-order valence-electron chi connectivity index (χ4n) is 1.57. The Morgan fingerprint density at radius 2 is 2.12 bits per heavy atom. The van der Waals surface area contributed by atoms with Crippen molar-refractivity contribution in [3.63, 3.8) is 0 Å². The Morgan fingerprint density at radius 1 is 1.29 bits per heavy atom. The van der Waals surface area contributed by atoms with Crippen molar-refractivity contribution in [2.45, 2.75) is 13.5 Å². The van der Waals surface area contributed by atoms with E-state index in [0.29, 0.717) is 6.54 Å². The zero-order chi connectivity index (χ0) is 12.3. The molecular weight excluding hydrogens is 278 g/mol. The summed E-state index contributed by atoms with van der Waals surface area (Å²) in [5.74, 6) is 0. The fourth-order valence-corrected chi connectivity index (χ4v) is 1.93. The number of hydrogen-bond acceptors (Lipinski definition) is 3. The Bertz CT molecular complexity index is 526. The SMILES string of the molecule is Cc1cccc(CNc2cc(Br)ccc2N)n1. The summed E-state index contributed by atoms with van der Waals surface area (Å²) in [5.41, 5.74) is 9.56. The van der Waals surface area contributed by atoms with E-state index in [-0.39, 0.29) is 0 Å². The van der Waals surface area contributed by atoms with E-state index in [2.05, 4.69) is 26.2 Å². The average Bonchev–Trinajstić information content (AvgIpc) is 2.30. The van der Waals surface area contributed by atoms with Crippen LogP contribution >= 0.6 is 15.9 Å². The first-order valence-corrected chi connectivity index (χ1v) is 6.16. The highest BCUT2D eigenvalue weighted by Gasteiger charge is 2.00. The lowest BCUT2D eigenvalue weighted by molar-refractivity contribution is 1.02. The molecule has 0 radical (unpaired) electrons. The minimum absolute atomic E-state index is 0.669. The molecule has 3 N–H and O–H groups in total. The number of nitrogens with zero attached hydrogens (tertiary/aromatic N) is 1. The van der Waals surface area contributed by atoms with Crippen molar-refractivity contribution < 1.29 is 0 Å². The van der Waals surface area contributed by atoms with Gasteiger partial charge in [-0.25, -0.2) is 0 Å². The Balaban J connectivity index is 2.09. The third-order valence-corrected chi connectivity index (χ3v) is 2.91. The van der Waals surface area contributed by atoms with E-state index in [0.717, 1.165) is 27.2 Å². The predicted octanol–water partition coefficient (Wildman–Crippen LogP) is 3.35. The molecule has 0 amide bonds. The average molecular weight is 292 g/mol. The van der Waals surface area contributed by atoms with Crippen LogP contribution in [0, 0.1) is 6.92 Å². The number of aromatic nitrogens is 1. The zero-order valence-corrected chi connectivity index (χ0v) is 11.2. The number of nitrogen functional groups attached to an aromatic ring is 1. The summed E-state index contributed by atoms with van der Waals surface area (Å²) >= 11 is 3.42. The first-order valence-electron chi connectivity index (χ1n) is 5.36. The first-order chi connectivity index (χ1) is 8.15. The molecule has 0 aliphatic carbocycles. The molecule has 4 heteroatoms.